The summed E-state index contributed by atoms with van der Waals surface area (Å²) in [7, 11) is -2.47. The predicted octanol–water partition coefficient (Wildman–Crippen LogP) is 3.90. The number of sulfonamides is 1. The Kier molecular flexibility index (Phi) is 5.89. The number of benzene rings is 1. The molecule has 10 heteroatoms. The summed E-state index contributed by atoms with van der Waals surface area (Å²) in [5, 5.41) is 10.3. The van der Waals surface area contributed by atoms with Crippen molar-refractivity contribution in [1.29, 1.82) is 0 Å². The van der Waals surface area contributed by atoms with Crippen LogP contribution in [0.4, 0.5) is 0 Å². The van der Waals surface area contributed by atoms with Crippen molar-refractivity contribution < 1.29 is 23.1 Å². The number of carbonyl (C=O) groups is 1. The van der Waals surface area contributed by atoms with Gasteiger partial charge in [0.15, 0.2) is 0 Å². The van der Waals surface area contributed by atoms with Gasteiger partial charge in [0.05, 0.1) is 22.2 Å². The van der Waals surface area contributed by atoms with Gasteiger partial charge in [0.2, 0.25) is 0 Å². The van der Waals surface area contributed by atoms with Crippen molar-refractivity contribution in [2.24, 2.45) is 0 Å². The molecule has 7 nitrogen and oxygen atoms in total. The number of aromatic nitrogens is 1. The molecule has 31 heavy (non-hydrogen) atoms. The topological polar surface area (TPSA) is 106 Å². The van der Waals surface area contributed by atoms with Crippen LogP contribution in [-0.4, -0.2) is 37.1 Å². The number of methoxy groups -OCH3 is 1. The third-order valence-electron chi connectivity index (χ3n) is 5.15. The maximum absolute atomic E-state index is 13.0. The first kappa shape index (κ1) is 21.9. The van der Waals surface area contributed by atoms with Gasteiger partial charge in [-0.05, 0) is 41.8 Å². The van der Waals surface area contributed by atoms with Crippen LogP contribution < -0.4 is 4.72 Å². The van der Waals surface area contributed by atoms with E-state index in [0.717, 1.165) is 22.5 Å². The van der Waals surface area contributed by atoms with Gasteiger partial charge in [-0.25, -0.2) is 8.42 Å². The molecule has 0 saturated heterocycles. The lowest BCUT2D eigenvalue weighted by atomic mass is 10.0. The van der Waals surface area contributed by atoms with E-state index in [0.29, 0.717) is 22.2 Å². The number of pyridine rings is 1. The van der Waals surface area contributed by atoms with Gasteiger partial charge < -0.3 is 9.84 Å². The van der Waals surface area contributed by atoms with Gasteiger partial charge in [-0.1, -0.05) is 35.9 Å². The molecule has 2 atom stereocenters. The molecule has 0 aliphatic heterocycles. The van der Waals surface area contributed by atoms with Gasteiger partial charge >= 0.3 is 5.97 Å². The van der Waals surface area contributed by atoms with Crippen molar-refractivity contribution in [3.8, 4) is 10.6 Å². The maximum Gasteiger partial charge on any atom is 0.325 e. The van der Waals surface area contributed by atoms with E-state index in [9.17, 15) is 18.3 Å². The van der Waals surface area contributed by atoms with E-state index in [-0.39, 0.29) is 10.6 Å². The van der Waals surface area contributed by atoms with E-state index < -0.39 is 27.4 Å². The van der Waals surface area contributed by atoms with Gasteiger partial charge in [-0.3, -0.25) is 9.78 Å². The second-order valence-electron chi connectivity index (χ2n) is 7.30. The molecule has 2 unspecified atom stereocenters. The third-order valence-corrected chi connectivity index (χ3v) is 8.48. The molecule has 0 spiro atoms. The number of ether oxygens (including phenoxy) is 1. The van der Waals surface area contributed by atoms with Crippen LogP contribution in [0.1, 0.15) is 23.5 Å². The molecule has 1 aromatic carbocycles. The molecule has 0 bridgehead atoms. The summed E-state index contributed by atoms with van der Waals surface area (Å²) < 4.78 is 33.6. The molecule has 1 fully saturated rings. The van der Waals surface area contributed by atoms with E-state index in [1.165, 1.54) is 12.3 Å². The molecule has 1 aliphatic rings. The number of hydrogen-bond donors (Lipinski definition) is 2. The number of carboxylic acid groups (broad SMARTS) is 1. The number of rotatable bonds is 8. The largest absolute Gasteiger partial charge is 0.480 e. The average molecular weight is 479 g/mol. The van der Waals surface area contributed by atoms with E-state index in [1.54, 1.807) is 31.4 Å². The SMILES string of the molecule is COCc1cccc(C2CC2(NS(=O)(=O)c2ccc(-c3ccc(Cl)cn3)s2)C(=O)O)c1. The van der Waals surface area contributed by atoms with Crippen molar-refractivity contribution in [2.75, 3.05) is 7.11 Å². The minimum Gasteiger partial charge on any atom is -0.480 e. The third kappa shape index (κ3) is 4.37. The molecule has 4 rings (SSSR count). The smallest absolute Gasteiger partial charge is 0.325 e. The molecule has 0 amide bonds. The fourth-order valence-electron chi connectivity index (χ4n) is 3.54. The van der Waals surface area contributed by atoms with Crippen LogP contribution in [0.25, 0.3) is 10.6 Å². The van der Waals surface area contributed by atoms with Gasteiger partial charge in [-0.15, -0.1) is 11.3 Å². The molecule has 0 radical (unpaired) electrons. The number of carboxylic acids is 1. The number of hydrogen-bond acceptors (Lipinski definition) is 6. The van der Waals surface area contributed by atoms with E-state index >= 15 is 0 Å². The van der Waals surface area contributed by atoms with Crippen LogP contribution in [0.2, 0.25) is 5.02 Å². The summed E-state index contributed by atoms with van der Waals surface area (Å²) in [6, 6.07) is 13.8. The summed E-state index contributed by atoms with van der Waals surface area (Å²) in [6.07, 6.45) is 1.66. The Morgan fingerprint density at radius 1 is 1.32 bits per heavy atom. The molecule has 2 heterocycles. The molecule has 3 aromatic rings. The Labute approximate surface area is 188 Å². The Hall–Kier alpha value is -2.30. The highest BCUT2D eigenvalue weighted by molar-refractivity contribution is 7.91. The number of halogens is 1. The highest BCUT2D eigenvalue weighted by Gasteiger charge is 2.63. The van der Waals surface area contributed by atoms with Crippen LogP contribution in [0.15, 0.2) is 58.9 Å². The van der Waals surface area contributed by atoms with Crippen LogP contribution >= 0.6 is 22.9 Å². The highest BCUT2D eigenvalue weighted by atomic mass is 35.5. The first-order valence-electron chi connectivity index (χ1n) is 9.32. The van der Waals surface area contributed by atoms with Crippen molar-refractivity contribution in [2.45, 2.75) is 28.7 Å². The molecular weight excluding hydrogens is 460 g/mol. The standard InChI is InChI=1S/C21H19ClN2O5S2/c1-29-12-13-3-2-4-14(9-13)16-10-21(16,20(25)26)24-31(27,28)19-8-7-18(30-19)17-6-5-15(22)11-23-17/h2-9,11,16,24H,10,12H2,1H3,(H,25,26). The zero-order valence-corrected chi connectivity index (χ0v) is 18.8. The number of nitrogens with one attached hydrogen (secondary N) is 1. The fourth-order valence-corrected chi connectivity index (χ4v) is 6.34. The highest BCUT2D eigenvalue weighted by Crippen LogP contribution is 2.52. The zero-order chi connectivity index (χ0) is 22.2. The van der Waals surface area contributed by atoms with Crippen LogP contribution in [0, 0.1) is 0 Å². The summed E-state index contributed by atoms with van der Waals surface area (Å²) >= 11 is 6.87. The lowest BCUT2D eigenvalue weighted by Crippen LogP contribution is -2.44. The number of aliphatic carboxylic acids is 1. The first-order valence-corrected chi connectivity index (χ1v) is 12.0. The maximum atomic E-state index is 13.0. The van der Waals surface area contributed by atoms with E-state index in [2.05, 4.69) is 9.71 Å². The summed E-state index contributed by atoms with van der Waals surface area (Å²) in [4.78, 5) is 16.9. The Morgan fingerprint density at radius 2 is 2.13 bits per heavy atom. The molecule has 162 valence electrons. The van der Waals surface area contributed by atoms with Gasteiger partial charge in [0.25, 0.3) is 10.0 Å². The number of nitrogens with zero attached hydrogens (tertiary/aromatic N) is 1. The second-order valence-corrected chi connectivity index (χ2v) is 10.7. The van der Waals surface area contributed by atoms with E-state index in [1.807, 2.05) is 18.2 Å². The molecule has 1 saturated carbocycles. The second kappa shape index (κ2) is 8.33. The molecule has 2 N–H and O–H groups in total. The Balaban J connectivity index is 1.58. The molecular formula is C21H19ClN2O5S2. The minimum absolute atomic E-state index is 0.0265. The average Bonchev–Trinajstić information content (AvgIpc) is 3.22. The zero-order valence-electron chi connectivity index (χ0n) is 16.4. The lowest BCUT2D eigenvalue weighted by molar-refractivity contribution is -0.140. The summed E-state index contributed by atoms with van der Waals surface area (Å²) in [5.41, 5.74) is 0.667. The summed E-state index contributed by atoms with van der Waals surface area (Å²) in [5.74, 6) is -1.66. The van der Waals surface area contributed by atoms with Crippen molar-refractivity contribution in [3.63, 3.8) is 0 Å². The summed E-state index contributed by atoms with van der Waals surface area (Å²) in [6.45, 7) is 0.392. The predicted molar refractivity (Wildman–Crippen MR) is 118 cm³/mol. The van der Waals surface area contributed by atoms with Gasteiger partial charge in [-0.2, -0.15) is 4.72 Å². The fraction of sp³-hybridized carbons (Fsp3) is 0.238. The molecule has 1 aliphatic carbocycles. The minimum atomic E-state index is -4.05. The monoisotopic (exact) mass is 478 g/mol. The Morgan fingerprint density at radius 3 is 2.81 bits per heavy atom. The Bertz CT molecular complexity index is 1230. The van der Waals surface area contributed by atoms with Crippen molar-refractivity contribution >= 4 is 38.9 Å². The van der Waals surface area contributed by atoms with Gasteiger partial charge in [0, 0.05) is 19.2 Å². The van der Waals surface area contributed by atoms with Crippen molar-refractivity contribution in [1.82, 2.24) is 9.71 Å². The van der Waals surface area contributed by atoms with Crippen LogP contribution in [-0.2, 0) is 26.2 Å². The number of thiophene rings is 1. The van der Waals surface area contributed by atoms with Crippen LogP contribution in [0.3, 0.4) is 0 Å². The first-order chi connectivity index (χ1) is 14.7. The van der Waals surface area contributed by atoms with Crippen molar-refractivity contribution in [3.05, 3.63) is 70.9 Å². The van der Waals surface area contributed by atoms with E-state index in [4.69, 9.17) is 16.3 Å². The lowest BCUT2D eigenvalue weighted by Gasteiger charge is -2.15. The quantitative estimate of drug-likeness (QED) is 0.508. The molecule has 2 aromatic heterocycles. The van der Waals surface area contributed by atoms with Gasteiger partial charge in [0.1, 0.15) is 9.75 Å². The normalized spacial score (nSPS) is 20.5. The van der Waals surface area contributed by atoms with Crippen LogP contribution in [0.5, 0.6) is 0 Å².